The molecule has 0 heterocycles. The van der Waals surface area contributed by atoms with Crippen LogP contribution in [0, 0.1) is 11.8 Å². The monoisotopic (exact) mass is 388 g/mol. The van der Waals surface area contributed by atoms with E-state index < -0.39 is 0 Å². The number of hydrogen-bond acceptors (Lipinski definition) is 2. The van der Waals surface area contributed by atoms with Crippen molar-refractivity contribution >= 4 is 32.1 Å². The fraction of sp³-hybridized carbons (Fsp3) is 0.0556. The van der Waals surface area contributed by atoms with Gasteiger partial charge in [0, 0.05) is 12.5 Å². The summed E-state index contributed by atoms with van der Waals surface area (Å²) in [4.78, 5) is 11.3. The van der Waals surface area contributed by atoms with Crippen molar-refractivity contribution in [2.45, 2.75) is 6.92 Å². The molecule has 0 fully saturated rings. The van der Waals surface area contributed by atoms with Crippen LogP contribution < -0.4 is 0 Å². The zero-order valence-corrected chi connectivity index (χ0v) is 13.6. The lowest BCUT2D eigenvalue weighted by Gasteiger charge is -2.05. The van der Waals surface area contributed by atoms with Crippen LogP contribution in [0.3, 0.4) is 0 Å². The number of halogens is 1. The highest BCUT2D eigenvalue weighted by Crippen LogP contribution is 2.26. The third-order valence-electron chi connectivity index (χ3n) is 2.57. The van der Waals surface area contributed by atoms with Gasteiger partial charge in [0.15, 0.2) is 5.76 Å². The zero-order chi connectivity index (χ0) is 15.1. The molecule has 0 aliphatic carbocycles. The molecule has 0 aliphatic rings. The van der Waals surface area contributed by atoms with Gasteiger partial charge in [-0.3, -0.25) is 4.79 Å². The molecule has 21 heavy (non-hydrogen) atoms. The maximum Gasteiger partial charge on any atom is 0.308 e. The topological polar surface area (TPSA) is 26.3 Å². The molecule has 2 nitrogen and oxygen atoms in total. The van der Waals surface area contributed by atoms with Crippen LogP contribution in [0.5, 0.6) is 0 Å². The molecule has 0 unspecified atom stereocenters. The maximum atomic E-state index is 11.3. The molecule has 2 aromatic rings. The van der Waals surface area contributed by atoms with Gasteiger partial charge < -0.3 is 4.74 Å². The first-order chi connectivity index (χ1) is 10.2. The summed E-state index contributed by atoms with van der Waals surface area (Å²) in [6, 6.07) is 19.3. The van der Waals surface area contributed by atoms with Crippen molar-refractivity contribution < 1.29 is 9.53 Å². The highest BCUT2D eigenvalue weighted by Gasteiger charge is 2.08. The van der Waals surface area contributed by atoms with Crippen LogP contribution in [0.4, 0.5) is 0 Å². The van der Waals surface area contributed by atoms with Crippen LogP contribution in [0.2, 0.25) is 0 Å². The van der Waals surface area contributed by atoms with E-state index >= 15 is 0 Å². The van der Waals surface area contributed by atoms with Crippen molar-refractivity contribution in [3.63, 3.8) is 0 Å². The Morgan fingerprint density at radius 1 is 1.00 bits per heavy atom. The Morgan fingerprint density at radius 3 is 2.14 bits per heavy atom. The minimum atomic E-state index is -0.377. The van der Waals surface area contributed by atoms with E-state index in [9.17, 15) is 4.79 Å². The summed E-state index contributed by atoms with van der Waals surface area (Å²) in [6.07, 6.45) is 0. The molecule has 0 radical (unpaired) electrons. The number of carbonyl (C=O) groups excluding carboxylic acids is 1. The quantitative estimate of drug-likeness (QED) is 0.330. The van der Waals surface area contributed by atoms with Gasteiger partial charge in [0.2, 0.25) is 0 Å². The van der Waals surface area contributed by atoms with E-state index in [4.69, 9.17) is 4.74 Å². The lowest BCUT2D eigenvalue weighted by molar-refractivity contribution is -0.136. The molecule has 2 rings (SSSR count). The Morgan fingerprint density at radius 2 is 1.57 bits per heavy atom. The third-order valence-corrected chi connectivity index (χ3v) is 3.68. The fourth-order valence-corrected chi connectivity index (χ4v) is 2.24. The highest BCUT2D eigenvalue weighted by atomic mass is 127. The van der Waals surface area contributed by atoms with Crippen LogP contribution in [0.1, 0.15) is 18.1 Å². The Hall–Kier alpha value is -2.06. The van der Waals surface area contributed by atoms with E-state index in [-0.39, 0.29) is 5.97 Å². The maximum absolute atomic E-state index is 11.3. The Bertz CT molecular complexity index is 707. The minimum Gasteiger partial charge on any atom is -0.416 e. The van der Waals surface area contributed by atoms with Crippen molar-refractivity contribution in [3.8, 4) is 11.8 Å². The van der Waals surface area contributed by atoms with E-state index in [2.05, 4.69) is 34.4 Å². The summed E-state index contributed by atoms with van der Waals surface area (Å²) in [5.41, 5.74) is 1.84. The van der Waals surface area contributed by atoms with Crippen LogP contribution in [-0.2, 0) is 9.53 Å². The molecule has 0 aliphatic heterocycles. The Kier molecular flexibility index (Phi) is 5.59. The van der Waals surface area contributed by atoms with E-state index in [1.807, 2.05) is 60.7 Å². The predicted octanol–water partition coefficient (Wildman–Crippen LogP) is 4.41. The van der Waals surface area contributed by atoms with Gasteiger partial charge in [-0.15, -0.1) is 0 Å². The van der Waals surface area contributed by atoms with Gasteiger partial charge in [0.05, 0.1) is 3.58 Å². The number of allylic oxidation sites excluding steroid dienone is 1. The molecule has 0 N–H and O–H groups in total. The van der Waals surface area contributed by atoms with E-state index in [0.29, 0.717) is 5.76 Å². The first kappa shape index (κ1) is 15.3. The van der Waals surface area contributed by atoms with Gasteiger partial charge >= 0.3 is 5.97 Å². The summed E-state index contributed by atoms with van der Waals surface area (Å²) in [6.45, 7) is 1.37. The summed E-state index contributed by atoms with van der Waals surface area (Å²) >= 11 is 2.15. The van der Waals surface area contributed by atoms with Crippen LogP contribution in [0.25, 0.3) is 3.58 Å². The number of ether oxygens (including phenoxy) is 1. The Labute approximate surface area is 138 Å². The summed E-state index contributed by atoms with van der Waals surface area (Å²) in [5, 5.41) is 0. The van der Waals surface area contributed by atoms with Crippen molar-refractivity contribution in [2.24, 2.45) is 0 Å². The summed E-state index contributed by atoms with van der Waals surface area (Å²) in [5.74, 6) is 5.95. The first-order valence-electron chi connectivity index (χ1n) is 6.37. The molecular weight excluding hydrogens is 375 g/mol. The summed E-state index contributed by atoms with van der Waals surface area (Å²) < 4.78 is 6.06. The largest absolute Gasteiger partial charge is 0.416 e. The van der Waals surface area contributed by atoms with Gasteiger partial charge in [-0.25, -0.2) is 0 Å². The van der Waals surface area contributed by atoms with E-state index in [1.165, 1.54) is 6.92 Å². The fourth-order valence-electron chi connectivity index (χ4n) is 1.63. The number of carbonyl (C=O) groups is 1. The van der Waals surface area contributed by atoms with Crippen LogP contribution >= 0.6 is 22.6 Å². The first-order valence-corrected chi connectivity index (χ1v) is 7.45. The van der Waals surface area contributed by atoms with E-state index in [0.717, 1.165) is 14.7 Å². The normalized spacial score (nSPS) is 11.0. The summed E-state index contributed by atoms with van der Waals surface area (Å²) in [7, 11) is 0. The number of benzene rings is 2. The zero-order valence-electron chi connectivity index (χ0n) is 11.5. The molecule has 0 saturated carbocycles. The van der Waals surface area contributed by atoms with Gasteiger partial charge in [-0.1, -0.05) is 54.5 Å². The van der Waals surface area contributed by atoms with E-state index in [1.54, 1.807) is 0 Å². The second-order valence-electron chi connectivity index (χ2n) is 4.22. The SMILES string of the molecule is CC(=O)O/C(C#Cc1ccccc1)=C(/I)c1ccccc1. The standard InChI is InChI=1S/C18H13IO2/c1-14(20)21-17(13-12-15-8-4-2-5-9-15)18(19)16-10-6-3-7-11-16/h2-11H,1H3/b18-17+. The number of hydrogen-bond donors (Lipinski definition) is 0. The molecule has 0 aromatic heterocycles. The number of esters is 1. The van der Waals surface area contributed by atoms with Crippen molar-refractivity contribution in [1.82, 2.24) is 0 Å². The molecule has 0 atom stereocenters. The van der Waals surface area contributed by atoms with Crippen LogP contribution in [-0.4, -0.2) is 5.97 Å². The molecule has 0 amide bonds. The van der Waals surface area contributed by atoms with Gasteiger partial charge in [-0.05, 0) is 46.2 Å². The second kappa shape index (κ2) is 7.65. The van der Waals surface area contributed by atoms with Crippen molar-refractivity contribution in [3.05, 3.63) is 77.5 Å². The Balaban J connectivity index is 2.40. The molecule has 0 saturated heterocycles. The molecular formula is C18H13IO2. The molecule has 3 heteroatoms. The minimum absolute atomic E-state index is 0.373. The highest BCUT2D eigenvalue weighted by molar-refractivity contribution is 14.1. The second-order valence-corrected chi connectivity index (χ2v) is 5.30. The molecule has 2 aromatic carbocycles. The molecule has 104 valence electrons. The lowest BCUT2D eigenvalue weighted by Crippen LogP contribution is -1.99. The lowest BCUT2D eigenvalue weighted by atomic mass is 10.2. The average Bonchev–Trinajstić information content (AvgIpc) is 2.52. The van der Waals surface area contributed by atoms with Crippen molar-refractivity contribution in [1.29, 1.82) is 0 Å². The third kappa shape index (κ3) is 4.76. The van der Waals surface area contributed by atoms with Gasteiger partial charge in [0.25, 0.3) is 0 Å². The van der Waals surface area contributed by atoms with Crippen molar-refractivity contribution in [2.75, 3.05) is 0 Å². The predicted molar refractivity (Wildman–Crippen MR) is 92.5 cm³/mol. The van der Waals surface area contributed by atoms with Gasteiger partial charge in [0.1, 0.15) is 0 Å². The van der Waals surface area contributed by atoms with Crippen LogP contribution in [0.15, 0.2) is 66.4 Å². The molecule has 0 bridgehead atoms. The smallest absolute Gasteiger partial charge is 0.308 e. The molecule has 0 spiro atoms. The van der Waals surface area contributed by atoms with Gasteiger partial charge in [-0.2, -0.15) is 0 Å². The number of rotatable bonds is 2. The average molecular weight is 388 g/mol.